The van der Waals surface area contributed by atoms with Gasteiger partial charge in [-0.2, -0.15) is 5.10 Å². The number of aromatic nitrogens is 2. The van der Waals surface area contributed by atoms with E-state index in [1.54, 1.807) is 4.68 Å². The summed E-state index contributed by atoms with van der Waals surface area (Å²) in [4.78, 5) is 10.7. The van der Waals surface area contributed by atoms with Crippen molar-refractivity contribution in [2.24, 2.45) is 0 Å². The Hall–Kier alpha value is -2.15. The monoisotopic (exact) mass is 330 g/mol. The molecular weight excluding hydrogens is 318 g/mol. The molecule has 0 amide bonds. The first-order chi connectivity index (χ1) is 10.3. The molecule has 0 atom stereocenters. The van der Waals surface area contributed by atoms with Gasteiger partial charge >= 0.3 is 5.97 Å². The molecule has 1 N–H and O–H groups in total. The van der Waals surface area contributed by atoms with Crippen molar-refractivity contribution in [3.63, 3.8) is 0 Å². The van der Waals surface area contributed by atoms with E-state index < -0.39 is 23.2 Å². The summed E-state index contributed by atoms with van der Waals surface area (Å²) in [7, 11) is 0. The van der Waals surface area contributed by atoms with E-state index in [4.69, 9.17) is 21.4 Å². The fraction of sp³-hybridized carbons (Fsp3) is 0.286. The Labute approximate surface area is 130 Å². The number of carboxylic acids is 1. The minimum atomic E-state index is -1.68. The summed E-state index contributed by atoms with van der Waals surface area (Å²) in [5.41, 5.74) is -0.461. The summed E-state index contributed by atoms with van der Waals surface area (Å²) in [5, 5.41) is 13.2. The van der Waals surface area contributed by atoms with Crippen LogP contribution in [0, 0.1) is 11.6 Å². The normalized spacial score (nSPS) is 11.0. The maximum atomic E-state index is 13.6. The van der Waals surface area contributed by atoms with E-state index in [1.807, 2.05) is 13.8 Å². The lowest BCUT2D eigenvalue weighted by Crippen LogP contribution is -2.11. The predicted octanol–water partition coefficient (Wildman–Crippen LogP) is 3.67. The van der Waals surface area contributed by atoms with Gasteiger partial charge in [-0.25, -0.2) is 13.6 Å². The number of halogens is 3. The molecule has 2 rings (SSSR count). The van der Waals surface area contributed by atoms with Crippen molar-refractivity contribution in [2.45, 2.75) is 26.5 Å². The third-order valence-corrected chi connectivity index (χ3v) is 3.26. The minimum absolute atomic E-state index is 0.0361. The van der Waals surface area contributed by atoms with Gasteiger partial charge in [-0.1, -0.05) is 11.6 Å². The molecule has 0 fully saturated rings. The number of aromatic carboxylic acids is 1. The van der Waals surface area contributed by atoms with E-state index in [0.717, 1.165) is 12.1 Å². The maximum absolute atomic E-state index is 13.6. The van der Waals surface area contributed by atoms with Crippen LogP contribution in [0.25, 0.3) is 0 Å². The topological polar surface area (TPSA) is 64.4 Å². The van der Waals surface area contributed by atoms with Gasteiger partial charge in [0.05, 0.1) is 16.9 Å². The lowest BCUT2D eigenvalue weighted by atomic mass is 10.2. The molecule has 1 aromatic carbocycles. The fourth-order valence-electron chi connectivity index (χ4n) is 1.94. The first-order valence-corrected chi connectivity index (χ1v) is 6.76. The third kappa shape index (κ3) is 3.19. The van der Waals surface area contributed by atoms with E-state index in [-0.39, 0.29) is 18.4 Å². The molecule has 0 bridgehead atoms. The lowest BCUT2D eigenvalue weighted by molar-refractivity contribution is 0.0686. The van der Waals surface area contributed by atoms with Crippen LogP contribution in [0.2, 0.25) is 5.02 Å². The number of carbonyl (C=O) groups is 1. The summed E-state index contributed by atoms with van der Waals surface area (Å²) in [6.07, 6.45) is 1.45. The molecule has 2 aromatic rings. The van der Waals surface area contributed by atoms with E-state index in [0.29, 0.717) is 10.7 Å². The average molecular weight is 331 g/mol. The third-order valence-electron chi connectivity index (χ3n) is 2.94. The van der Waals surface area contributed by atoms with Gasteiger partial charge in [0.2, 0.25) is 0 Å². The molecule has 0 saturated carbocycles. The molecule has 1 aromatic heterocycles. The summed E-state index contributed by atoms with van der Waals surface area (Å²) in [6.45, 7) is 3.74. The Morgan fingerprint density at radius 1 is 1.41 bits per heavy atom. The SMILES string of the molecule is CC(C)n1ncc(Cl)c1COc1cc(F)c(C(=O)O)c(F)c1. The molecule has 0 radical (unpaired) electrons. The zero-order valence-electron chi connectivity index (χ0n) is 11.8. The van der Waals surface area contributed by atoms with Crippen molar-refractivity contribution in [2.75, 3.05) is 0 Å². The zero-order chi connectivity index (χ0) is 16.4. The summed E-state index contributed by atoms with van der Waals surface area (Å²) in [6, 6.07) is 1.67. The van der Waals surface area contributed by atoms with Crippen LogP contribution in [0.5, 0.6) is 5.75 Å². The summed E-state index contributed by atoms with van der Waals surface area (Å²) in [5.74, 6) is -4.22. The van der Waals surface area contributed by atoms with Crippen LogP contribution in [-0.4, -0.2) is 20.9 Å². The lowest BCUT2D eigenvalue weighted by Gasteiger charge is -2.13. The maximum Gasteiger partial charge on any atom is 0.341 e. The first-order valence-electron chi connectivity index (χ1n) is 6.38. The van der Waals surface area contributed by atoms with Crippen LogP contribution < -0.4 is 4.74 Å². The zero-order valence-corrected chi connectivity index (χ0v) is 12.6. The molecule has 0 unspecified atom stereocenters. The fourth-order valence-corrected chi connectivity index (χ4v) is 2.12. The molecule has 1 heterocycles. The summed E-state index contributed by atoms with van der Waals surface area (Å²) >= 11 is 6.00. The van der Waals surface area contributed by atoms with Crippen LogP contribution >= 0.6 is 11.6 Å². The molecule has 8 heteroatoms. The van der Waals surface area contributed by atoms with Crippen molar-refractivity contribution in [3.8, 4) is 5.75 Å². The van der Waals surface area contributed by atoms with Crippen molar-refractivity contribution < 1.29 is 23.4 Å². The molecule has 5 nitrogen and oxygen atoms in total. The number of hydrogen-bond donors (Lipinski definition) is 1. The van der Waals surface area contributed by atoms with Gasteiger partial charge in [0.1, 0.15) is 29.6 Å². The van der Waals surface area contributed by atoms with Gasteiger partial charge in [0.25, 0.3) is 0 Å². The highest BCUT2D eigenvalue weighted by Gasteiger charge is 2.19. The molecular formula is C14H13ClF2N2O3. The van der Waals surface area contributed by atoms with Gasteiger partial charge in [0, 0.05) is 18.2 Å². The number of benzene rings is 1. The predicted molar refractivity (Wildman–Crippen MR) is 75.3 cm³/mol. The molecule has 22 heavy (non-hydrogen) atoms. The highest BCUT2D eigenvalue weighted by molar-refractivity contribution is 6.31. The molecule has 118 valence electrons. The van der Waals surface area contributed by atoms with Crippen LogP contribution in [0.3, 0.4) is 0 Å². The second kappa shape index (κ2) is 6.31. The smallest absolute Gasteiger partial charge is 0.341 e. The number of rotatable bonds is 5. The highest BCUT2D eigenvalue weighted by Crippen LogP contribution is 2.24. The van der Waals surface area contributed by atoms with Crippen molar-refractivity contribution in [1.82, 2.24) is 9.78 Å². The van der Waals surface area contributed by atoms with Crippen molar-refractivity contribution >= 4 is 17.6 Å². The second-order valence-electron chi connectivity index (χ2n) is 4.83. The largest absolute Gasteiger partial charge is 0.487 e. The van der Waals surface area contributed by atoms with Gasteiger partial charge in [-0.05, 0) is 13.8 Å². The number of hydrogen-bond acceptors (Lipinski definition) is 3. The molecule has 0 aliphatic heterocycles. The van der Waals surface area contributed by atoms with Crippen LogP contribution in [-0.2, 0) is 6.61 Å². The Morgan fingerprint density at radius 2 is 2.00 bits per heavy atom. The summed E-state index contributed by atoms with van der Waals surface area (Å²) < 4.78 is 34.1. The van der Waals surface area contributed by atoms with Gasteiger partial charge in [-0.3, -0.25) is 4.68 Å². The van der Waals surface area contributed by atoms with E-state index >= 15 is 0 Å². The minimum Gasteiger partial charge on any atom is -0.487 e. The molecule has 0 aliphatic carbocycles. The van der Waals surface area contributed by atoms with Gasteiger partial charge in [0.15, 0.2) is 0 Å². The highest BCUT2D eigenvalue weighted by atomic mass is 35.5. The second-order valence-corrected chi connectivity index (χ2v) is 5.24. The molecule has 0 spiro atoms. The molecule has 0 aliphatic rings. The average Bonchev–Trinajstić information content (AvgIpc) is 2.76. The number of nitrogens with zero attached hydrogens (tertiary/aromatic N) is 2. The Balaban J connectivity index is 2.23. The van der Waals surface area contributed by atoms with Crippen molar-refractivity contribution in [1.29, 1.82) is 0 Å². The van der Waals surface area contributed by atoms with Crippen molar-refractivity contribution in [3.05, 3.63) is 46.2 Å². The van der Waals surface area contributed by atoms with Crippen LogP contribution in [0.1, 0.15) is 35.9 Å². The van der Waals surface area contributed by atoms with E-state index in [9.17, 15) is 13.6 Å². The van der Waals surface area contributed by atoms with E-state index in [2.05, 4.69) is 5.10 Å². The standard InChI is InChI=1S/C14H13ClF2N2O3/c1-7(2)19-12(9(15)5-18-19)6-22-8-3-10(16)13(14(20)21)11(17)4-8/h3-5,7H,6H2,1-2H3,(H,20,21). The Bertz CT molecular complexity index is 693. The molecule has 0 saturated heterocycles. The Morgan fingerprint density at radius 3 is 2.50 bits per heavy atom. The Kier molecular flexibility index (Phi) is 4.65. The number of carboxylic acid groups (broad SMARTS) is 1. The van der Waals surface area contributed by atoms with Gasteiger partial charge < -0.3 is 9.84 Å². The number of ether oxygens (including phenoxy) is 1. The van der Waals surface area contributed by atoms with E-state index in [1.165, 1.54) is 6.20 Å². The van der Waals surface area contributed by atoms with Crippen LogP contribution in [0.4, 0.5) is 8.78 Å². The quantitative estimate of drug-likeness (QED) is 0.908. The first kappa shape index (κ1) is 16.2. The van der Waals surface area contributed by atoms with Crippen LogP contribution in [0.15, 0.2) is 18.3 Å². The van der Waals surface area contributed by atoms with Gasteiger partial charge in [-0.15, -0.1) is 0 Å².